The van der Waals surface area contributed by atoms with Crippen LogP contribution in [-0.2, 0) is 4.74 Å². The molecule has 0 aliphatic rings. The number of ether oxygens (including phenoxy) is 2. The first-order valence-corrected chi connectivity index (χ1v) is 8.06. The molecule has 0 heterocycles. The normalized spacial score (nSPS) is 14.2. The van der Waals surface area contributed by atoms with Crippen molar-refractivity contribution in [3.8, 4) is 5.75 Å². The van der Waals surface area contributed by atoms with E-state index in [1.54, 1.807) is 7.11 Å². The Labute approximate surface area is 130 Å². The van der Waals surface area contributed by atoms with E-state index in [9.17, 15) is 0 Å². The van der Waals surface area contributed by atoms with Crippen molar-refractivity contribution in [2.75, 3.05) is 20.3 Å². The molecule has 0 aromatic heterocycles. The lowest BCUT2D eigenvalue weighted by Gasteiger charge is -2.24. The Bertz CT molecular complexity index is 393. The Morgan fingerprint density at radius 2 is 1.86 bits per heavy atom. The first kappa shape index (κ1) is 18.0. The fourth-order valence-corrected chi connectivity index (χ4v) is 2.52. The van der Waals surface area contributed by atoms with Crippen LogP contribution in [0.25, 0.3) is 0 Å². The number of hydrogen-bond donors (Lipinski definition) is 1. The molecule has 120 valence electrons. The van der Waals surface area contributed by atoms with Crippen molar-refractivity contribution >= 4 is 0 Å². The molecule has 0 bridgehead atoms. The summed E-state index contributed by atoms with van der Waals surface area (Å²) in [5.74, 6) is 1.58. The molecule has 2 atom stereocenters. The molecule has 1 N–H and O–H groups in total. The van der Waals surface area contributed by atoms with Gasteiger partial charge in [-0.2, -0.15) is 0 Å². The van der Waals surface area contributed by atoms with Gasteiger partial charge >= 0.3 is 0 Å². The van der Waals surface area contributed by atoms with Gasteiger partial charge in [-0.3, -0.25) is 0 Å². The van der Waals surface area contributed by atoms with Crippen LogP contribution in [0.15, 0.2) is 24.3 Å². The number of nitrogens with one attached hydrogen (secondary N) is 1. The minimum Gasteiger partial charge on any atom is -0.496 e. The number of hydrogen-bond acceptors (Lipinski definition) is 3. The molecule has 0 saturated heterocycles. The molecule has 21 heavy (non-hydrogen) atoms. The molecule has 0 fully saturated rings. The highest BCUT2D eigenvalue weighted by atomic mass is 16.5. The second-order valence-corrected chi connectivity index (χ2v) is 6.02. The third-order valence-electron chi connectivity index (χ3n) is 3.51. The average molecular weight is 293 g/mol. The maximum absolute atomic E-state index is 6.05. The van der Waals surface area contributed by atoms with Gasteiger partial charge in [-0.15, -0.1) is 0 Å². The topological polar surface area (TPSA) is 30.5 Å². The van der Waals surface area contributed by atoms with Crippen molar-refractivity contribution in [2.45, 2.75) is 52.7 Å². The molecule has 3 heteroatoms. The van der Waals surface area contributed by atoms with Crippen molar-refractivity contribution in [3.63, 3.8) is 0 Å². The van der Waals surface area contributed by atoms with Crippen molar-refractivity contribution in [1.29, 1.82) is 0 Å². The van der Waals surface area contributed by atoms with E-state index in [0.717, 1.165) is 25.1 Å². The van der Waals surface area contributed by atoms with Gasteiger partial charge in [-0.25, -0.2) is 0 Å². The second-order valence-electron chi connectivity index (χ2n) is 6.02. The van der Waals surface area contributed by atoms with Gasteiger partial charge in [0.05, 0.1) is 25.9 Å². The van der Waals surface area contributed by atoms with E-state index < -0.39 is 0 Å². The summed E-state index contributed by atoms with van der Waals surface area (Å²) in [6.45, 7) is 10.4. The summed E-state index contributed by atoms with van der Waals surface area (Å²) in [6, 6.07) is 8.35. The Morgan fingerprint density at radius 3 is 2.48 bits per heavy atom. The number of rotatable bonds is 10. The number of para-hydroxylation sites is 1. The fraction of sp³-hybridized carbons (Fsp3) is 0.667. The zero-order valence-corrected chi connectivity index (χ0v) is 14.2. The van der Waals surface area contributed by atoms with Gasteiger partial charge in [0.15, 0.2) is 0 Å². The first-order valence-electron chi connectivity index (χ1n) is 8.06. The summed E-state index contributed by atoms with van der Waals surface area (Å²) in [7, 11) is 1.72. The maximum Gasteiger partial charge on any atom is 0.123 e. The smallest absolute Gasteiger partial charge is 0.123 e. The van der Waals surface area contributed by atoms with Crippen LogP contribution in [0.1, 0.15) is 52.1 Å². The van der Waals surface area contributed by atoms with Crippen LogP contribution in [0.3, 0.4) is 0 Å². The minimum absolute atomic E-state index is 0.177. The Kier molecular flexibility index (Phi) is 8.40. The van der Waals surface area contributed by atoms with E-state index in [0.29, 0.717) is 12.5 Å². The summed E-state index contributed by atoms with van der Waals surface area (Å²) in [5.41, 5.74) is 1.17. The molecule has 1 rings (SSSR count). The standard InChI is InChI=1S/C18H31NO2/c1-6-11-19-17(13-21-15(4)12-14(2)3)16-9-7-8-10-18(16)20-5/h7-10,14-15,17,19H,6,11-13H2,1-5H3. The van der Waals surface area contributed by atoms with Crippen molar-refractivity contribution < 1.29 is 9.47 Å². The molecule has 0 spiro atoms. The van der Waals surface area contributed by atoms with Crippen LogP contribution in [0.4, 0.5) is 0 Å². The first-order chi connectivity index (χ1) is 10.1. The van der Waals surface area contributed by atoms with Crippen LogP contribution in [0, 0.1) is 5.92 Å². The Balaban J connectivity index is 2.71. The average Bonchev–Trinajstić information content (AvgIpc) is 2.46. The van der Waals surface area contributed by atoms with E-state index in [1.165, 1.54) is 5.56 Å². The largest absolute Gasteiger partial charge is 0.496 e. The SMILES string of the molecule is CCCNC(COC(C)CC(C)C)c1ccccc1OC. The van der Waals surface area contributed by atoms with Gasteiger partial charge in [0.25, 0.3) is 0 Å². The van der Waals surface area contributed by atoms with E-state index in [1.807, 2.05) is 12.1 Å². The van der Waals surface area contributed by atoms with Gasteiger partial charge in [0.2, 0.25) is 0 Å². The van der Waals surface area contributed by atoms with Crippen LogP contribution >= 0.6 is 0 Å². The predicted octanol–water partition coefficient (Wildman–Crippen LogP) is 4.19. The van der Waals surface area contributed by atoms with Crippen LogP contribution in [-0.4, -0.2) is 26.4 Å². The lowest BCUT2D eigenvalue weighted by atomic mass is 10.1. The van der Waals surface area contributed by atoms with Crippen molar-refractivity contribution in [1.82, 2.24) is 5.32 Å². The molecule has 1 aromatic carbocycles. The molecular formula is C18H31NO2. The highest BCUT2D eigenvalue weighted by Crippen LogP contribution is 2.25. The molecule has 3 nitrogen and oxygen atoms in total. The van der Waals surface area contributed by atoms with E-state index in [-0.39, 0.29) is 12.1 Å². The summed E-state index contributed by atoms with van der Waals surface area (Å²) in [4.78, 5) is 0. The minimum atomic E-state index is 0.177. The summed E-state index contributed by atoms with van der Waals surface area (Å²) >= 11 is 0. The summed E-state index contributed by atoms with van der Waals surface area (Å²) in [6.07, 6.45) is 2.48. The van der Waals surface area contributed by atoms with Gasteiger partial charge < -0.3 is 14.8 Å². The zero-order valence-electron chi connectivity index (χ0n) is 14.2. The lowest BCUT2D eigenvalue weighted by molar-refractivity contribution is 0.0367. The maximum atomic E-state index is 6.05. The molecule has 0 aliphatic carbocycles. The van der Waals surface area contributed by atoms with Gasteiger partial charge in [-0.05, 0) is 38.3 Å². The van der Waals surface area contributed by atoms with Gasteiger partial charge in [0, 0.05) is 5.56 Å². The molecule has 2 unspecified atom stereocenters. The molecule has 0 radical (unpaired) electrons. The van der Waals surface area contributed by atoms with E-state index in [2.05, 4.69) is 45.1 Å². The zero-order chi connectivity index (χ0) is 15.7. The van der Waals surface area contributed by atoms with Gasteiger partial charge in [0.1, 0.15) is 5.75 Å². The lowest BCUT2D eigenvalue weighted by Crippen LogP contribution is -2.28. The predicted molar refractivity (Wildman–Crippen MR) is 88.9 cm³/mol. The van der Waals surface area contributed by atoms with E-state index in [4.69, 9.17) is 9.47 Å². The third kappa shape index (κ3) is 6.49. The molecule has 0 amide bonds. The van der Waals surface area contributed by atoms with E-state index >= 15 is 0 Å². The van der Waals surface area contributed by atoms with Crippen molar-refractivity contribution in [3.05, 3.63) is 29.8 Å². The molecule has 0 saturated carbocycles. The van der Waals surface area contributed by atoms with Gasteiger partial charge in [-0.1, -0.05) is 39.0 Å². The quantitative estimate of drug-likeness (QED) is 0.702. The fourth-order valence-electron chi connectivity index (χ4n) is 2.52. The highest BCUT2D eigenvalue weighted by Gasteiger charge is 2.17. The molecule has 0 aliphatic heterocycles. The van der Waals surface area contributed by atoms with Crippen LogP contribution < -0.4 is 10.1 Å². The number of methoxy groups -OCH3 is 1. The van der Waals surface area contributed by atoms with Crippen LogP contribution in [0.5, 0.6) is 5.75 Å². The van der Waals surface area contributed by atoms with Crippen LogP contribution in [0.2, 0.25) is 0 Å². The molecular weight excluding hydrogens is 262 g/mol. The summed E-state index contributed by atoms with van der Waals surface area (Å²) < 4.78 is 11.5. The van der Waals surface area contributed by atoms with Crippen molar-refractivity contribution in [2.24, 2.45) is 5.92 Å². The molecule has 1 aromatic rings. The second kappa shape index (κ2) is 9.80. The third-order valence-corrected chi connectivity index (χ3v) is 3.51. The Morgan fingerprint density at radius 1 is 1.14 bits per heavy atom. The monoisotopic (exact) mass is 293 g/mol. The summed E-state index contributed by atoms with van der Waals surface area (Å²) in [5, 5.41) is 3.56. The highest BCUT2D eigenvalue weighted by molar-refractivity contribution is 5.35. The Hall–Kier alpha value is -1.06. The number of benzene rings is 1.